The first kappa shape index (κ1) is 16.6. The Balaban J connectivity index is 1.65. The Kier molecular flexibility index (Phi) is 4.36. The van der Waals surface area contributed by atoms with Crippen LogP contribution in [0, 0.1) is 5.92 Å². The maximum Gasteiger partial charge on any atom is 0.188 e. The van der Waals surface area contributed by atoms with Crippen molar-refractivity contribution in [2.45, 2.75) is 70.1 Å². The van der Waals surface area contributed by atoms with Crippen LogP contribution < -0.4 is 0 Å². The molecule has 4 nitrogen and oxygen atoms in total. The second-order valence-corrected chi connectivity index (χ2v) is 12.8. The van der Waals surface area contributed by atoms with Gasteiger partial charge in [-0.1, -0.05) is 13.8 Å². The average molecular weight is 332 g/mol. The maximum atomic E-state index is 10.5. The summed E-state index contributed by atoms with van der Waals surface area (Å²) in [4.78, 5) is 19.1. The predicted octanol–water partition coefficient (Wildman–Crippen LogP) is 4.53. The summed E-state index contributed by atoms with van der Waals surface area (Å²) in [6, 6.07) is 2.67. The molecule has 1 aliphatic rings. The average Bonchev–Trinajstić information content (AvgIpc) is 2.90. The molecule has 1 N–H and O–H groups in total. The quantitative estimate of drug-likeness (QED) is 0.837. The van der Waals surface area contributed by atoms with Crippen LogP contribution in [0.1, 0.15) is 52.0 Å². The molecule has 0 bridgehead atoms. The van der Waals surface area contributed by atoms with Crippen LogP contribution in [-0.4, -0.2) is 27.6 Å². The van der Waals surface area contributed by atoms with E-state index in [1.165, 1.54) is 25.7 Å². The molecule has 2 aromatic rings. The Labute approximate surface area is 140 Å². The molecule has 0 saturated heterocycles. The summed E-state index contributed by atoms with van der Waals surface area (Å²) in [5.74, 6) is 0.747. The fourth-order valence-electron chi connectivity index (χ4n) is 3.79. The van der Waals surface area contributed by atoms with Crippen molar-refractivity contribution in [3.05, 3.63) is 24.8 Å². The standard InChI is InChI=1S/C18H29N3OSi/c1-18(2,23(3,4)22)11-14-5-7-16(8-6-14)21-10-9-15-12-19-13-20-17(15)21/h9-10,12-14,16,22H,5-8,11H2,1-4H3. The highest BCUT2D eigenvalue weighted by atomic mass is 28.4. The van der Waals surface area contributed by atoms with Gasteiger partial charge in [0.05, 0.1) is 0 Å². The van der Waals surface area contributed by atoms with Gasteiger partial charge in [-0.2, -0.15) is 0 Å². The van der Waals surface area contributed by atoms with E-state index in [0.29, 0.717) is 6.04 Å². The van der Waals surface area contributed by atoms with Crippen molar-refractivity contribution in [1.82, 2.24) is 14.5 Å². The molecule has 1 aliphatic carbocycles. The fraction of sp³-hybridized carbons (Fsp3) is 0.667. The number of aromatic nitrogens is 3. The normalized spacial score (nSPS) is 23.3. The molecular formula is C18H29N3OSi. The molecule has 5 heteroatoms. The summed E-state index contributed by atoms with van der Waals surface area (Å²) >= 11 is 0. The predicted molar refractivity (Wildman–Crippen MR) is 96.9 cm³/mol. The van der Waals surface area contributed by atoms with E-state index in [-0.39, 0.29) is 5.04 Å². The lowest BCUT2D eigenvalue weighted by Crippen LogP contribution is -2.40. The zero-order valence-electron chi connectivity index (χ0n) is 14.8. The minimum atomic E-state index is -2.10. The van der Waals surface area contributed by atoms with E-state index >= 15 is 0 Å². The van der Waals surface area contributed by atoms with Crippen LogP contribution >= 0.6 is 0 Å². The van der Waals surface area contributed by atoms with Gasteiger partial charge in [-0.3, -0.25) is 0 Å². The van der Waals surface area contributed by atoms with Gasteiger partial charge in [-0.05, 0) is 62.2 Å². The molecule has 2 heterocycles. The summed E-state index contributed by atoms with van der Waals surface area (Å²) in [6.45, 7) is 8.65. The van der Waals surface area contributed by atoms with Gasteiger partial charge in [0.2, 0.25) is 0 Å². The van der Waals surface area contributed by atoms with E-state index in [2.05, 4.69) is 53.7 Å². The summed E-state index contributed by atoms with van der Waals surface area (Å²) < 4.78 is 2.34. The lowest BCUT2D eigenvalue weighted by atomic mass is 9.81. The molecule has 0 spiro atoms. The van der Waals surface area contributed by atoms with Crippen molar-refractivity contribution in [2.24, 2.45) is 5.92 Å². The third kappa shape index (κ3) is 3.36. The van der Waals surface area contributed by atoms with Crippen LogP contribution in [0.5, 0.6) is 0 Å². The largest absolute Gasteiger partial charge is 0.432 e. The van der Waals surface area contributed by atoms with Gasteiger partial charge >= 0.3 is 0 Å². The zero-order chi connectivity index (χ0) is 16.7. The van der Waals surface area contributed by atoms with Gasteiger partial charge in [0.25, 0.3) is 0 Å². The topological polar surface area (TPSA) is 50.9 Å². The first-order valence-corrected chi connectivity index (χ1v) is 11.7. The van der Waals surface area contributed by atoms with Crippen LogP contribution in [0.3, 0.4) is 0 Å². The third-order valence-corrected chi connectivity index (χ3v) is 9.56. The summed E-state index contributed by atoms with van der Waals surface area (Å²) in [5, 5.41) is 1.22. The van der Waals surface area contributed by atoms with Gasteiger partial charge in [-0.15, -0.1) is 0 Å². The second-order valence-electron chi connectivity index (χ2n) is 8.35. The van der Waals surface area contributed by atoms with Crippen molar-refractivity contribution in [3.63, 3.8) is 0 Å². The molecule has 0 atom stereocenters. The summed E-state index contributed by atoms with van der Waals surface area (Å²) in [7, 11) is -2.10. The van der Waals surface area contributed by atoms with Crippen LogP contribution in [0.25, 0.3) is 11.0 Å². The van der Waals surface area contributed by atoms with E-state index < -0.39 is 8.32 Å². The Bertz CT molecular complexity index is 666. The first-order valence-electron chi connectivity index (χ1n) is 8.77. The SMILES string of the molecule is CC(C)(CC1CCC(n2ccc3cncnc32)CC1)[Si](C)(C)O. The highest BCUT2D eigenvalue weighted by Crippen LogP contribution is 2.46. The molecule has 1 fully saturated rings. The van der Waals surface area contributed by atoms with Gasteiger partial charge in [0.15, 0.2) is 8.32 Å². The molecule has 23 heavy (non-hydrogen) atoms. The number of hydrogen-bond acceptors (Lipinski definition) is 3. The van der Waals surface area contributed by atoms with E-state index in [9.17, 15) is 4.80 Å². The highest BCUT2D eigenvalue weighted by molar-refractivity contribution is 6.72. The zero-order valence-corrected chi connectivity index (χ0v) is 15.8. The van der Waals surface area contributed by atoms with Gasteiger partial charge in [-0.25, -0.2) is 9.97 Å². The Hall–Kier alpha value is -1.20. The minimum absolute atomic E-state index is 0.0951. The van der Waals surface area contributed by atoms with E-state index in [4.69, 9.17) is 0 Å². The second kappa shape index (κ2) is 6.02. The smallest absolute Gasteiger partial charge is 0.188 e. The van der Waals surface area contributed by atoms with Crippen LogP contribution in [0.4, 0.5) is 0 Å². The van der Waals surface area contributed by atoms with Crippen LogP contribution in [-0.2, 0) is 0 Å². The Morgan fingerprint density at radius 3 is 2.61 bits per heavy atom. The monoisotopic (exact) mass is 331 g/mol. The third-order valence-electron chi connectivity index (χ3n) is 6.04. The Morgan fingerprint density at radius 1 is 1.26 bits per heavy atom. The number of rotatable bonds is 4. The van der Waals surface area contributed by atoms with Gasteiger partial charge in [0, 0.05) is 23.8 Å². The van der Waals surface area contributed by atoms with Gasteiger partial charge in [0.1, 0.15) is 12.0 Å². The molecule has 0 unspecified atom stereocenters. The molecule has 0 radical (unpaired) electrons. The molecule has 0 aliphatic heterocycles. The van der Waals surface area contributed by atoms with Crippen molar-refractivity contribution in [3.8, 4) is 0 Å². The molecule has 3 rings (SSSR count). The van der Waals surface area contributed by atoms with Gasteiger partial charge < -0.3 is 9.36 Å². The molecule has 126 valence electrons. The van der Waals surface area contributed by atoms with Crippen LogP contribution in [0.15, 0.2) is 24.8 Å². The molecule has 2 aromatic heterocycles. The lowest BCUT2D eigenvalue weighted by molar-refractivity contribution is 0.244. The molecule has 0 aromatic carbocycles. The Morgan fingerprint density at radius 2 is 1.96 bits per heavy atom. The van der Waals surface area contributed by atoms with Crippen molar-refractivity contribution in [2.75, 3.05) is 0 Å². The number of hydrogen-bond donors (Lipinski definition) is 1. The number of fused-ring (bicyclic) bond motifs is 1. The number of nitrogens with zero attached hydrogens (tertiary/aromatic N) is 3. The van der Waals surface area contributed by atoms with E-state index in [0.717, 1.165) is 23.4 Å². The highest BCUT2D eigenvalue weighted by Gasteiger charge is 2.40. The lowest BCUT2D eigenvalue weighted by Gasteiger charge is -2.40. The van der Waals surface area contributed by atoms with Crippen molar-refractivity contribution in [1.29, 1.82) is 0 Å². The van der Waals surface area contributed by atoms with E-state index in [1.54, 1.807) is 6.33 Å². The summed E-state index contributed by atoms with van der Waals surface area (Å²) in [6.07, 6.45) is 11.8. The molecule has 0 amide bonds. The van der Waals surface area contributed by atoms with Crippen LogP contribution in [0.2, 0.25) is 18.1 Å². The fourth-order valence-corrected chi connectivity index (χ4v) is 4.58. The van der Waals surface area contributed by atoms with Crippen molar-refractivity contribution < 1.29 is 4.80 Å². The van der Waals surface area contributed by atoms with E-state index in [1.807, 2.05) is 6.20 Å². The molecule has 1 saturated carbocycles. The summed E-state index contributed by atoms with van der Waals surface area (Å²) in [5.41, 5.74) is 1.06. The molecular weight excluding hydrogens is 302 g/mol. The maximum absolute atomic E-state index is 10.5. The van der Waals surface area contributed by atoms with Crippen molar-refractivity contribution >= 4 is 19.4 Å². The first-order chi connectivity index (χ1) is 10.8. The minimum Gasteiger partial charge on any atom is -0.432 e.